The van der Waals surface area contributed by atoms with E-state index in [0.717, 1.165) is 18.2 Å². The molecule has 0 unspecified atom stereocenters. The number of hydrogen-bond acceptors (Lipinski definition) is 5. The summed E-state index contributed by atoms with van der Waals surface area (Å²) in [6.45, 7) is 6.99. The Morgan fingerprint density at radius 1 is 1.16 bits per heavy atom. The van der Waals surface area contributed by atoms with Crippen LogP contribution in [0.4, 0.5) is 16.0 Å². The Kier molecular flexibility index (Phi) is 5.11. The zero-order valence-corrected chi connectivity index (χ0v) is 14.5. The molecule has 1 aromatic carbocycles. The highest BCUT2D eigenvalue weighted by atomic mass is 19.1. The minimum absolute atomic E-state index is 0.132. The summed E-state index contributed by atoms with van der Waals surface area (Å²) in [4.78, 5) is 16.4. The number of carbonyl (C=O) groups excluding carboxylic acids is 1. The standard InChI is InChI=1S/C18H22FN5O/c1-3-20-16-6-7-17(22-21-16)23-8-10-24(11-9-23)18(25)14-5-4-13(2)15(19)12-14/h4-7,12H,3,8-11H2,1-2H3,(H,20,21). The van der Waals surface area contributed by atoms with E-state index in [1.54, 1.807) is 24.0 Å². The van der Waals surface area contributed by atoms with E-state index in [1.165, 1.54) is 6.07 Å². The lowest BCUT2D eigenvalue weighted by Gasteiger charge is -2.35. The monoisotopic (exact) mass is 343 g/mol. The van der Waals surface area contributed by atoms with Gasteiger partial charge in [0.1, 0.15) is 11.6 Å². The third-order valence-electron chi connectivity index (χ3n) is 4.32. The normalized spacial score (nSPS) is 14.5. The van der Waals surface area contributed by atoms with Gasteiger partial charge in [0.2, 0.25) is 0 Å². The van der Waals surface area contributed by atoms with Gasteiger partial charge in [0.05, 0.1) is 0 Å². The van der Waals surface area contributed by atoms with Crippen molar-refractivity contribution in [1.82, 2.24) is 15.1 Å². The van der Waals surface area contributed by atoms with Crippen molar-refractivity contribution in [2.75, 3.05) is 42.9 Å². The van der Waals surface area contributed by atoms with Crippen molar-refractivity contribution >= 4 is 17.5 Å². The number of carbonyl (C=O) groups is 1. The van der Waals surface area contributed by atoms with E-state index in [4.69, 9.17) is 0 Å². The van der Waals surface area contributed by atoms with Crippen LogP contribution in [0.2, 0.25) is 0 Å². The van der Waals surface area contributed by atoms with Crippen LogP contribution in [0.3, 0.4) is 0 Å². The number of aryl methyl sites for hydroxylation is 1. The molecule has 25 heavy (non-hydrogen) atoms. The first-order chi connectivity index (χ1) is 12.1. The highest BCUT2D eigenvalue weighted by Crippen LogP contribution is 2.17. The first kappa shape index (κ1) is 17.1. The van der Waals surface area contributed by atoms with Gasteiger partial charge in [-0.1, -0.05) is 6.07 Å². The van der Waals surface area contributed by atoms with Gasteiger partial charge in [-0.3, -0.25) is 4.79 Å². The fourth-order valence-corrected chi connectivity index (χ4v) is 2.82. The molecule has 1 amide bonds. The molecule has 2 aromatic rings. The van der Waals surface area contributed by atoms with E-state index < -0.39 is 0 Å². The molecule has 1 N–H and O–H groups in total. The van der Waals surface area contributed by atoms with Crippen molar-refractivity contribution in [2.45, 2.75) is 13.8 Å². The molecule has 0 radical (unpaired) electrons. The molecule has 0 bridgehead atoms. The van der Waals surface area contributed by atoms with Gasteiger partial charge in [-0.2, -0.15) is 0 Å². The minimum atomic E-state index is -0.347. The van der Waals surface area contributed by atoms with Crippen LogP contribution in [0.5, 0.6) is 0 Å². The number of hydrogen-bond donors (Lipinski definition) is 1. The maximum Gasteiger partial charge on any atom is 0.254 e. The van der Waals surface area contributed by atoms with Gasteiger partial charge in [-0.25, -0.2) is 4.39 Å². The quantitative estimate of drug-likeness (QED) is 0.923. The molecule has 0 aliphatic carbocycles. The van der Waals surface area contributed by atoms with Gasteiger partial charge in [0.15, 0.2) is 5.82 Å². The first-order valence-electron chi connectivity index (χ1n) is 8.46. The van der Waals surface area contributed by atoms with Gasteiger partial charge in [0.25, 0.3) is 5.91 Å². The molecular formula is C18H22FN5O. The molecule has 6 nitrogen and oxygen atoms in total. The van der Waals surface area contributed by atoms with Crippen LogP contribution in [0.1, 0.15) is 22.8 Å². The minimum Gasteiger partial charge on any atom is -0.369 e. The number of amides is 1. The van der Waals surface area contributed by atoms with E-state index in [-0.39, 0.29) is 11.7 Å². The fraction of sp³-hybridized carbons (Fsp3) is 0.389. The van der Waals surface area contributed by atoms with Crippen molar-refractivity contribution in [1.29, 1.82) is 0 Å². The van der Waals surface area contributed by atoms with E-state index in [0.29, 0.717) is 37.3 Å². The highest BCUT2D eigenvalue weighted by Gasteiger charge is 2.23. The number of nitrogens with zero attached hydrogens (tertiary/aromatic N) is 4. The second kappa shape index (κ2) is 7.46. The summed E-state index contributed by atoms with van der Waals surface area (Å²) in [6.07, 6.45) is 0. The maximum absolute atomic E-state index is 13.7. The predicted octanol–water partition coefficient (Wildman–Crippen LogP) is 2.32. The summed E-state index contributed by atoms with van der Waals surface area (Å²) >= 11 is 0. The molecule has 1 saturated heterocycles. The van der Waals surface area contributed by atoms with Gasteiger partial charge >= 0.3 is 0 Å². The van der Waals surface area contributed by atoms with Gasteiger partial charge in [-0.15, -0.1) is 10.2 Å². The molecule has 0 saturated carbocycles. The molecule has 7 heteroatoms. The molecule has 3 rings (SSSR count). The Bertz CT molecular complexity index is 742. The fourth-order valence-electron chi connectivity index (χ4n) is 2.82. The molecule has 2 heterocycles. The van der Waals surface area contributed by atoms with Crippen LogP contribution in [0.25, 0.3) is 0 Å². The predicted molar refractivity (Wildman–Crippen MR) is 95.4 cm³/mol. The summed E-state index contributed by atoms with van der Waals surface area (Å²) < 4.78 is 13.7. The van der Waals surface area contributed by atoms with Gasteiger partial charge in [0, 0.05) is 38.3 Å². The third-order valence-corrected chi connectivity index (χ3v) is 4.32. The number of aromatic nitrogens is 2. The summed E-state index contributed by atoms with van der Waals surface area (Å²) in [7, 11) is 0. The number of anilines is 2. The Labute approximate surface area is 146 Å². The molecule has 0 atom stereocenters. The highest BCUT2D eigenvalue weighted by molar-refractivity contribution is 5.94. The lowest BCUT2D eigenvalue weighted by atomic mass is 10.1. The first-order valence-corrected chi connectivity index (χ1v) is 8.46. The van der Waals surface area contributed by atoms with E-state index in [1.807, 2.05) is 19.1 Å². The molecular weight excluding hydrogens is 321 g/mol. The number of benzene rings is 1. The zero-order valence-electron chi connectivity index (χ0n) is 14.5. The van der Waals surface area contributed by atoms with Crippen molar-refractivity contribution < 1.29 is 9.18 Å². The SMILES string of the molecule is CCNc1ccc(N2CCN(C(=O)c3ccc(C)c(F)c3)CC2)nn1. The lowest BCUT2D eigenvalue weighted by Crippen LogP contribution is -2.49. The van der Waals surface area contributed by atoms with Crippen LogP contribution in [-0.4, -0.2) is 53.7 Å². The third kappa shape index (κ3) is 3.87. The Balaban J connectivity index is 1.61. The van der Waals surface area contributed by atoms with E-state index in [2.05, 4.69) is 20.4 Å². The van der Waals surface area contributed by atoms with Crippen molar-refractivity contribution in [3.05, 3.63) is 47.3 Å². The number of nitrogens with one attached hydrogen (secondary N) is 1. The van der Waals surface area contributed by atoms with Crippen LogP contribution in [0.15, 0.2) is 30.3 Å². The van der Waals surface area contributed by atoms with Crippen LogP contribution in [0, 0.1) is 12.7 Å². The van der Waals surface area contributed by atoms with E-state index in [9.17, 15) is 9.18 Å². The summed E-state index contributed by atoms with van der Waals surface area (Å²) in [5.41, 5.74) is 0.937. The smallest absolute Gasteiger partial charge is 0.254 e. The van der Waals surface area contributed by atoms with Crippen molar-refractivity contribution in [2.24, 2.45) is 0 Å². The molecule has 132 valence electrons. The van der Waals surface area contributed by atoms with Crippen molar-refractivity contribution in [3.63, 3.8) is 0 Å². The molecule has 1 fully saturated rings. The second-order valence-electron chi connectivity index (χ2n) is 6.05. The Morgan fingerprint density at radius 2 is 1.92 bits per heavy atom. The summed E-state index contributed by atoms with van der Waals surface area (Å²) in [5.74, 6) is 1.07. The van der Waals surface area contributed by atoms with Crippen LogP contribution >= 0.6 is 0 Å². The Hall–Kier alpha value is -2.70. The number of piperazine rings is 1. The van der Waals surface area contributed by atoms with Crippen molar-refractivity contribution in [3.8, 4) is 0 Å². The molecule has 0 spiro atoms. The number of halogens is 1. The topological polar surface area (TPSA) is 61.4 Å². The molecule has 1 aliphatic rings. The Morgan fingerprint density at radius 3 is 2.52 bits per heavy atom. The van der Waals surface area contributed by atoms with Crippen LogP contribution < -0.4 is 10.2 Å². The van der Waals surface area contributed by atoms with Gasteiger partial charge in [-0.05, 0) is 43.7 Å². The molecule has 1 aromatic heterocycles. The lowest BCUT2D eigenvalue weighted by molar-refractivity contribution is 0.0746. The zero-order chi connectivity index (χ0) is 17.8. The average molecular weight is 343 g/mol. The number of rotatable bonds is 4. The van der Waals surface area contributed by atoms with Crippen LogP contribution in [-0.2, 0) is 0 Å². The van der Waals surface area contributed by atoms with E-state index >= 15 is 0 Å². The molecule has 1 aliphatic heterocycles. The second-order valence-corrected chi connectivity index (χ2v) is 6.05. The maximum atomic E-state index is 13.7. The average Bonchev–Trinajstić information content (AvgIpc) is 2.64. The van der Waals surface area contributed by atoms with Gasteiger partial charge < -0.3 is 15.1 Å². The summed E-state index contributed by atoms with van der Waals surface area (Å²) in [5, 5.41) is 11.5. The summed E-state index contributed by atoms with van der Waals surface area (Å²) in [6, 6.07) is 8.46. The largest absolute Gasteiger partial charge is 0.369 e.